The smallest absolute Gasteiger partial charge is 0.00639 e. The third-order valence-corrected chi connectivity index (χ3v) is 3.45. The Balaban J connectivity index is 3.79. The first-order valence-electron chi connectivity index (χ1n) is 6.79. The third-order valence-electron chi connectivity index (χ3n) is 3.45. The highest BCUT2D eigenvalue weighted by Gasteiger charge is 2.14. The van der Waals surface area contributed by atoms with E-state index in [1.165, 1.54) is 38.5 Å². The predicted molar refractivity (Wildman–Crippen MR) is 70.2 cm³/mol. The second kappa shape index (κ2) is 9.21. The van der Waals surface area contributed by atoms with E-state index < -0.39 is 0 Å². The van der Waals surface area contributed by atoms with Crippen LogP contribution >= 0.6 is 0 Å². The van der Waals surface area contributed by atoms with Crippen molar-refractivity contribution in [2.45, 2.75) is 72.3 Å². The summed E-state index contributed by atoms with van der Waals surface area (Å²) >= 11 is 0. The molecule has 0 aliphatic carbocycles. The number of rotatable bonds is 9. The lowest BCUT2D eigenvalue weighted by Gasteiger charge is -2.23. The summed E-state index contributed by atoms with van der Waals surface area (Å²) in [7, 11) is 2.09. The summed E-state index contributed by atoms with van der Waals surface area (Å²) in [5.41, 5.74) is 0. The van der Waals surface area contributed by atoms with E-state index in [0.717, 1.165) is 11.8 Å². The monoisotopic (exact) mass is 213 g/mol. The van der Waals surface area contributed by atoms with Crippen LogP contribution in [0, 0.1) is 11.8 Å². The lowest BCUT2D eigenvalue weighted by atomic mass is 9.89. The van der Waals surface area contributed by atoms with Gasteiger partial charge in [-0.3, -0.25) is 0 Å². The summed E-state index contributed by atoms with van der Waals surface area (Å²) in [5, 5.41) is 3.41. The highest BCUT2D eigenvalue weighted by Crippen LogP contribution is 2.21. The summed E-state index contributed by atoms with van der Waals surface area (Å²) < 4.78 is 0. The van der Waals surface area contributed by atoms with E-state index in [1.807, 2.05) is 0 Å². The van der Waals surface area contributed by atoms with Crippen molar-refractivity contribution >= 4 is 0 Å². The van der Waals surface area contributed by atoms with Crippen LogP contribution < -0.4 is 5.32 Å². The molecule has 0 amide bonds. The molecule has 0 saturated heterocycles. The van der Waals surface area contributed by atoms with Crippen LogP contribution in [-0.4, -0.2) is 13.1 Å². The molecule has 92 valence electrons. The Morgan fingerprint density at radius 2 is 1.53 bits per heavy atom. The molecule has 0 radical (unpaired) electrons. The third kappa shape index (κ3) is 7.84. The van der Waals surface area contributed by atoms with Crippen LogP contribution in [0.3, 0.4) is 0 Å². The fourth-order valence-corrected chi connectivity index (χ4v) is 2.13. The molecule has 0 aromatic heterocycles. The second-order valence-corrected chi connectivity index (χ2v) is 5.30. The molecule has 1 heteroatoms. The topological polar surface area (TPSA) is 12.0 Å². The minimum Gasteiger partial charge on any atom is -0.317 e. The van der Waals surface area contributed by atoms with E-state index in [4.69, 9.17) is 0 Å². The maximum absolute atomic E-state index is 3.41. The summed E-state index contributed by atoms with van der Waals surface area (Å²) in [4.78, 5) is 0. The Hall–Kier alpha value is -0.0400. The Labute approximate surface area is 97.0 Å². The Morgan fingerprint density at radius 1 is 0.933 bits per heavy atom. The van der Waals surface area contributed by atoms with Crippen molar-refractivity contribution in [3.8, 4) is 0 Å². The Kier molecular flexibility index (Phi) is 9.18. The first-order chi connectivity index (χ1) is 7.11. The molecule has 0 aromatic carbocycles. The van der Waals surface area contributed by atoms with E-state index in [9.17, 15) is 0 Å². The molecule has 0 spiro atoms. The van der Waals surface area contributed by atoms with Gasteiger partial charge in [0.05, 0.1) is 0 Å². The second-order valence-electron chi connectivity index (χ2n) is 5.30. The molecule has 0 aromatic rings. The molecule has 0 heterocycles. The van der Waals surface area contributed by atoms with E-state index in [0.29, 0.717) is 6.04 Å². The van der Waals surface area contributed by atoms with Crippen molar-refractivity contribution in [2.24, 2.45) is 11.8 Å². The van der Waals surface area contributed by atoms with Crippen molar-refractivity contribution in [2.75, 3.05) is 7.05 Å². The van der Waals surface area contributed by atoms with Crippen molar-refractivity contribution in [1.82, 2.24) is 5.32 Å². The number of nitrogens with one attached hydrogen (secondary N) is 1. The summed E-state index contributed by atoms with van der Waals surface area (Å²) in [6, 6.07) is 0.684. The van der Waals surface area contributed by atoms with Gasteiger partial charge in [-0.25, -0.2) is 0 Å². The zero-order valence-corrected chi connectivity index (χ0v) is 11.5. The molecule has 15 heavy (non-hydrogen) atoms. The lowest BCUT2D eigenvalue weighted by molar-refractivity contribution is 0.323. The van der Waals surface area contributed by atoms with Gasteiger partial charge in [-0.05, 0) is 38.6 Å². The van der Waals surface area contributed by atoms with Crippen molar-refractivity contribution in [1.29, 1.82) is 0 Å². The zero-order valence-electron chi connectivity index (χ0n) is 11.5. The zero-order chi connectivity index (χ0) is 11.7. The standard InChI is InChI=1S/C14H31N/c1-6-7-10-14(13(4)15-5)11-8-9-12(2)3/h12-15H,6-11H2,1-5H3. The molecule has 1 N–H and O–H groups in total. The highest BCUT2D eigenvalue weighted by molar-refractivity contribution is 4.71. The highest BCUT2D eigenvalue weighted by atomic mass is 14.9. The van der Waals surface area contributed by atoms with Crippen LogP contribution in [0.5, 0.6) is 0 Å². The van der Waals surface area contributed by atoms with Gasteiger partial charge in [0.15, 0.2) is 0 Å². The molecule has 0 fully saturated rings. The lowest BCUT2D eigenvalue weighted by Crippen LogP contribution is -2.30. The SMILES string of the molecule is CCCCC(CCCC(C)C)C(C)NC. The van der Waals surface area contributed by atoms with Crippen LogP contribution in [0.25, 0.3) is 0 Å². The van der Waals surface area contributed by atoms with Crippen LogP contribution in [0.15, 0.2) is 0 Å². The van der Waals surface area contributed by atoms with Gasteiger partial charge in [-0.2, -0.15) is 0 Å². The van der Waals surface area contributed by atoms with Gasteiger partial charge < -0.3 is 5.32 Å². The first-order valence-corrected chi connectivity index (χ1v) is 6.79. The van der Waals surface area contributed by atoms with Gasteiger partial charge in [0.2, 0.25) is 0 Å². The van der Waals surface area contributed by atoms with Gasteiger partial charge in [-0.1, -0.05) is 46.5 Å². The van der Waals surface area contributed by atoms with E-state index in [-0.39, 0.29) is 0 Å². The average Bonchev–Trinajstić information content (AvgIpc) is 2.21. The summed E-state index contributed by atoms with van der Waals surface area (Å²) in [6.45, 7) is 9.26. The van der Waals surface area contributed by atoms with Crippen molar-refractivity contribution < 1.29 is 0 Å². The summed E-state index contributed by atoms with van der Waals surface area (Å²) in [5.74, 6) is 1.75. The van der Waals surface area contributed by atoms with Gasteiger partial charge in [0.1, 0.15) is 0 Å². The van der Waals surface area contributed by atoms with Gasteiger partial charge >= 0.3 is 0 Å². The van der Waals surface area contributed by atoms with Crippen LogP contribution in [0.4, 0.5) is 0 Å². The number of hydrogen-bond donors (Lipinski definition) is 1. The molecule has 2 unspecified atom stereocenters. The van der Waals surface area contributed by atoms with Gasteiger partial charge in [0, 0.05) is 6.04 Å². The fourth-order valence-electron chi connectivity index (χ4n) is 2.13. The van der Waals surface area contributed by atoms with Crippen molar-refractivity contribution in [3.63, 3.8) is 0 Å². The Morgan fingerprint density at radius 3 is 2.00 bits per heavy atom. The van der Waals surface area contributed by atoms with Crippen LogP contribution in [0.1, 0.15) is 66.2 Å². The Bertz CT molecular complexity index is 131. The van der Waals surface area contributed by atoms with E-state index in [1.54, 1.807) is 0 Å². The minimum atomic E-state index is 0.684. The largest absolute Gasteiger partial charge is 0.317 e. The predicted octanol–water partition coefficient (Wildman–Crippen LogP) is 4.23. The normalized spacial score (nSPS) is 15.6. The van der Waals surface area contributed by atoms with Crippen molar-refractivity contribution in [3.05, 3.63) is 0 Å². The van der Waals surface area contributed by atoms with Gasteiger partial charge in [0.25, 0.3) is 0 Å². The minimum absolute atomic E-state index is 0.684. The average molecular weight is 213 g/mol. The first kappa shape index (κ1) is 15.0. The fraction of sp³-hybridized carbons (Fsp3) is 1.00. The van der Waals surface area contributed by atoms with E-state index >= 15 is 0 Å². The van der Waals surface area contributed by atoms with Gasteiger partial charge in [-0.15, -0.1) is 0 Å². The molecule has 0 rings (SSSR count). The summed E-state index contributed by atoms with van der Waals surface area (Å²) in [6.07, 6.45) is 8.31. The molecular formula is C14H31N. The molecular weight excluding hydrogens is 182 g/mol. The maximum Gasteiger partial charge on any atom is 0.00639 e. The molecule has 2 atom stereocenters. The van der Waals surface area contributed by atoms with E-state index in [2.05, 4.69) is 40.1 Å². The molecule has 0 saturated carbocycles. The quantitative estimate of drug-likeness (QED) is 0.604. The molecule has 0 aliphatic heterocycles. The molecule has 1 nitrogen and oxygen atoms in total. The van der Waals surface area contributed by atoms with Crippen LogP contribution in [-0.2, 0) is 0 Å². The number of unbranched alkanes of at least 4 members (excludes halogenated alkanes) is 1. The molecule has 0 aliphatic rings. The molecule has 0 bridgehead atoms. The van der Waals surface area contributed by atoms with Crippen LogP contribution in [0.2, 0.25) is 0 Å². The maximum atomic E-state index is 3.41. The number of hydrogen-bond acceptors (Lipinski definition) is 1.